The van der Waals surface area contributed by atoms with Gasteiger partial charge in [0.25, 0.3) is 0 Å². The van der Waals surface area contributed by atoms with Gasteiger partial charge in [-0.25, -0.2) is 0 Å². The molecule has 2 rings (SSSR count). The second-order valence-corrected chi connectivity index (χ2v) is 5.92. The van der Waals surface area contributed by atoms with Crippen LogP contribution in [-0.4, -0.2) is 16.5 Å². The molecule has 0 heterocycles. The Kier molecular flexibility index (Phi) is 1.89. The smallest absolute Gasteiger partial charge is 0.164 e. The van der Waals surface area contributed by atoms with Crippen LogP contribution in [0, 0.1) is 23.2 Å². The maximum Gasteiger partial charge on any atom is 0.164 e. The number of aliphatic hydroxyl groups is 1. The number of ketones is 1. The number of hydrogen-bond donors (Lipinski definition) is 1. The molecule has 2 heteroatoms. The largest absolute Gasteiger partial charge is 0.382 e. The standard InChI is InChI=1S/C12H20O2/c1-7-9-5-8(11(7,2)3)6-10(13)12(9,4)14/h7-9,14H,5-6H2,1-4H3. The number of carbonyl (C=O) groups is 1. The van der Waals surface area contributed by atoms with E-state index >= 15 is 0 Å². The molecule has 4 unspecified atom stereocenters. The number of fused-ring (bicyclic) bond motifs is 2. The lowest BCUT2D eigenvalue weighted by Gasteiger charge is -2.34. The quantitative estimate of drug-likeness (QED) is 0.643. The highest BCUT2D eigenvalue weighted by molar-refractivity contribution is 5.88. The fraction of sp³-hybridized carbons (Fsp3) is 0.917. The molecule has 80 valence electrons. The third kappa shape index (κ3) is 1.04. The number of rotatable bonds is 0. The molecular weight excluding hydrogens is 176 g/mol. The molecule has 2 nitrogen and oxygen atoms in total. The van der Waals surface area contributed by atoms with Crippen LogP contribution < -0.4 is 0 Å². The van der Waals surface area contributed by atoms with Gasteiger partial charge in [-0.05, 0) is 36.5 Å². The minimum atomic E-state index is -1.07. The van der Waals surface area contributed by atoms with E-state index in [0.29, 0.717) is 18.3 Å². The van der Waals surface area contributed by atoms with Gasteiger partial charge in [0.2, 0.25) is 0 Å². The normalized spacial score (nSPS) is 50.9. The maximum absolute atomic E-state index is 11.8. The van der Waals surface area contributed by atoms with Crippen molar-refractivity contribution in [3.63, 3.8) is 0 Å². The summed E-state index contributed by atoms with van der Waals surface area (Å²) in [7, 11) is 0. The Balaban J connectivity index is 2.41. The average Bonchev–Trinajstić information content (AvgIpc) is 2.25. The van der Waals surface area contributed by atoms with Gasteiger partial charge in [0, 0.05) is 6.42 Å². The summed E-state index contributed by atoms with van der Waals surface area (Å²) in [4.78, 5) is 11.8. The van der Waals surface area contributed by atoms with E-state index < -0.39 is 5.60 Å². The van der Waals surface area contributed by atoms with Gasteiger partial charge in [-0.1, -0.05) is 20.8 Å². The molecule has 2 saturated carbocycles. The molecule has 2 aliphatic carbocycles. The van der Waals surface area contributed by atoms with Crippen LogP contribution in [0.3, 0.4) is 0 Å². The maximum atomic E-state index is 11.8. The minimum Gasteiger partial charge on any atom is -0.382 e. The molecular formula is C12H20O2. The summed E-state index contributed by atoms with van der Waals surface area (Å²) in [6.45, 7) is 8.35. The number of Topliss-reactive ketones (excluding diaryl/α,β-unsaturated/α-hetero) is 1. The minimum absolute atomic E-state index is 0.0520. The molecule has 0 aromatic carbocycles. The first-order chi connectivity index (χ1) is 6.28. The Morgan fingerprint density at radius 3 is 2.50 bits per heavy atom. The summed E-state index contributed by atoms with van der Waals surface area (Å²) in [5, 5.41) is 10.2. The summed E-state index contributed by atoms with van der Waals surface area (Å²) in [5.74, 6) is 1.14. The Morgan fingerprint density at radius 2 is 1.93 bits per heavy atom. The van der Waals surface area contributed by atoms with Gasteiger partial charge in [-0.3, -0.25) is 4.79 Å². The number of hydrogen-bond acceptors (Lipinski definition) is 2. The van der Waals surface area contributed by atoms with Gasteiger partial charge in [0.1, 0.15) is 5.60 Å². The Hall–Kier alpha value is -0.370. The molecule has 4 atom stereocenters. The fourth-order valence-corrected chi connectivity index (χ4v) is 3.40. The highest BCUT2D eigenvalue weighted by Crippen LogP contribution is 2.58. The van der Waals surface area contributed by atoms with Crippen LogP contribution in [0.2, 0.25) is 0 Å². The van der Waals surface area contributed by atoms with E-state index in [1.165, 1.54) is 0 Å². The van der Waals surface area contributed by atoms with Crippen molar-refractivity contribution in [1.29, 1.82) is 0 Å². The van der Waals surface area contributed by atoms with Crippen LogP contribution in [0.4, 0.5) is 0 Å². The molecule has 14 heavy (non-hydrogen) atoms. The van der Waals surface area contributed by atoms with Crippen molar-refractivity contribution in [1.82, 2.24) is 0 Å². The lowest BCUT2D eigenvalue weighted by Crippen LogP contribution is -2.46. The fourth-order valence-electron chi connectivity index (χ4n) is 3.40. The lowest BCUT2D eigenvalue weighted by molar-refractivity contribution is -0.146. The molecule has 0 saturated heterocycles. The molecule has 0 amide bonds. The highest BCUT2D eigenvalue weighted by Gasteiger charge is 2.59. The van der Waals surface area contributed by atoms with Crippen LogP contribution in [0.5, 0.6) is 0 Å². The Bertz CT molecular complexity index is 278. The third-order valence-electron chi connectivity index (χ3n) is 5.09. The van der Waals surface area contributed by atoms with Crippen molar-refractivity contribution in [2.24, 2.45) is 23.2 Å². The van der Waals surface area contributed by atoms with Crippen LogP contribution in [0.1, 0.15) is 40.5 Å². The van der Waals surface area contributed by atoms with Crippen molar-refractivity contribution in [2.75, 3.05) is 0 Å². The van der Waals surface area contributed by atoms with E-state index in [0.717, 1.165) is 6.42 Å². The summed E-state index contributed by atoms with van der Waals surface area (Å²) < 4.78 is 0. The van der Waals surface area contributed by atoms with E-state index in [2.05, 4.69) is 20.8 Å². The van der Waals surface area contributed by atoms with Crippen LogP contribution >= 0.6 is 0 Å². The average molecular weight is 196 g/mol. The lowest BCUT2D eigenvalue weighted by atomic mass is 9.74. The summed E-state index contributed by atoms with van der Waals surface area (Å²) in [6, 6.07) is 0. The van der Waals surface area contributed by atoms with Crippen LogP contribution in [-0.2, 0) is 4.79 Å². The van der Waals surface area contributed by atoms with Gasteiger partial charge < -0.3 is 5.11 Å². The first-order valence-corrected chi connectivity index (χ1v) is 5.53. The SMILES string of the molecule is CC1C2CC(CC(=O)C2(C)O)C1(C)C. The Labute approximate surface area is 85.7 Å². The van der Waals surface area contributed by atoms with Crippen molar-refractivity contribution in [3.05, 3.63) is 0 Å². The molecule has 2 fully saturated rings. The van der Waals surface area contributed by atoms with E-state index in [1.807, 2.05) is 0 Å². The summed E-state index contributed by atoms with van der Waals surface area (Å²) in [6.07, 6.45) is 1.59. The summed E-state index contributed by atoms with van der Waals surface area (Å²) in [5.41, 5.74) is -0.857. The van der Waals surface area contributed by atoms with E-state index in [1.54, 1.807) is 6.92 Å². The topological polar surface area (TPSA) is 37.3 Å². The van der Waals surface area contributed by atoms with Crippen molar-refractivity contribution in [3.8, 4) is 0 Å². The van der Waals surface area contributed by atoms with Gasteiger partial charge >= 0.3 is 0 Å². The molecule has 0 radical (unpaired) electrons. The van der Waals surface area contributed by atoms with Gasteiger partial charge in [-0.15, -0.1) is 0 Å². The number of carbonyl (C=O) groups excluding carboxylic acids is 1. The third-order valence-corrected chi connectivity index (χ3v) is 5.09. The van der Waals surface area contributed by atoms with Crippen molar-refractivity contribution < 1.29 is 9.90 Å². The zero-order chi connectivity index (χ0) is 10.7. The molecule has 0 aliphatic heterocycles. The van der Waals surface area contributed by atoms with E-state index in [9.17, 15) is 9.90 Å². The zero-order valence-corrected chi connectivity index (χ0v) is 9.50. The van der Waals surface area contributed by atoms with Crippen LogP contribution in [0.15, 0.2) is 0 Å². The second kappa shape index (κ2) is 2.60. The molecule has 0 aromatic rings. The van der Waals surface area contributed by atoms with E-state index in [-0.39, 0.29) is 17.1 Å². The van der Waals surface area contributed by atoms with Crippen LogP contribution in [0.25, 0.3) is 0 Å². The predicted octanol–water partition coefficient (Wildman–Crippen LogP) is 2.01. The highest BCUT2D eigenvalue weighted by atomic mass is 16.3. The zero-order valence-electron chi connectivity index (χ0n) is 9.50. The first-order valence-electron chi connectivity index (χ1n) is 5.53. The van der Waals surface area contributed by atoms with Crippen molar-refractivity contribution in [2.45, 2.75) is 46.1 Å². The van der Waals surface area contributed by atoms with E-state index in [4.69, 9.17) is 0 Å². The predicted molar refractivity (Wildman–Crippen MR) is 54.8 cm³/mol. The van der Waals surface area contributed by atoms with Gasteiger partial charge in [0.05, 0.1) is 0 Å². The molecule has 1 N–H and O–H groups in total. The molecule has 0 aromatic heterocycles. The van der Waals surface area contributed by atoms with Gasteiger partial charge in [0.15, 0.2) is 5.78 Å². The first kappa shape index (κ1) is 10.2. The molecule has 2 bridgehead atoms. The monoisotopic (exact) mass is 196 g/mol. The summed E-state index contributed by atoms with van der Waals surface area (Å²) >= 11 is 0. The van der Waals surface area contributed by atoms with Crippen molar-refractivity contribution >= 4 is 5.78 Å². The van der Waals surface area contributed by atoms with Gasteiger partial charge in [-0.2, -0.15) is 0 Å². The Morgan fingerprint density at radius 1 is 1.36 bits per heavy atom. The second-order valence-electron chi connectivity index (χ2n) is 5.92. The molecule has 2 aliphatic rings. The molecule has 0 spiro atoms.